The van der Waals surface area contributed by atoms with Gasteiger partial charge in [0.2, 0.25) is 0 Å². The van der Waals surface area contributed by atoms with Gasteiger partial charge in [0.1, 0.15) is 11.6 Å². The van der Waals surface area contributed by atoms with E-state index in [-0.39, 0.29) is 0 Å². The third-order valence-electron chi connectivity index (χ3n) is 2.93. The van der Waals surface area contributed by atoms with E-state index < -0.39 is 23.6 Å². The molecule has 1 aliphatic rings. The summed E-state index contributed by atoms with van der Waals surface area (Å²) >= 11 is 0. The third kappa shape index (κ3) is 2.89. The van der Waals surface area contributed by atoms with E-state index in [4.69, 9.17) is 4.74 Å². The molecular weight excluding hydrogens is 262 g/mol. The van der Waals surface area contributed by atoms with Gasteiger partial charge in [-0.25, -0.2) is 4.39 Å². The maximum Gasteiger partial charge on any atom is 0.419 e. The van der Waals surface area contributed by atoms with Crippen molar-refractivity contribution in [3.63, 3.8) is 0 Å². The molecule has 104 valence electrons. The first kappa shape index (κ1) is 13.9. The Hall–Kier alpha value is -1.56. The fraction of sp³-hybridized carbons (Fsp3) is 0.385. The summed E-state index contributed by atoms with van der Waals surface area (Å²) in [6.07, 6.45) is -2.16. The molecule has 1 N–H and O–H groups in total. The lowest BCUT2D eigenvalue weighted by Crippen LogP contribution is -2.20. The molecule has 0 fully saturated rings. The summed E-state index contributed by atoms with van der Waals surface area (Å²) in [5.74, 6) is -0.699. The molecule has 0 bridgehead atoms. The SMILES string of the molecule is CNC(C1=CCCO1)c1ccc(F)c(C(F)(F)F)c1. The number of likely N-dealkylation sites (N-methyl/N-ethyl adjacent to an activating group) is 1. The van der Waals surface area contributed by atoms with E-state index in [0.29, 0.717) is 17.9 Å². The van der Waals surface area contributed by atoms with Crippen LogP contribution in [0.1, 0.15) is 23.6 Å². The summed E-state index contributed by atoms with van der Waals surface area (Å²) < 4.78 is 56.6. The predicted octanol–water partition coefficient (Wildman–Crippen LogP) is 3.41. The first-order valence-electron chi connectivity index (χ1n) is 5.80. The van der Waals surface area contributed by atoms with E-state index in [1.165, 1.54) is 6.07 Å². The van der Waals surface area contributed by atoms with Gasteiger partial charge in [-0.2, -0.15) is 13.2 Å². The highest BCUT2D eigenvalue weighted by atomic mass is 19.4. The summed E-state index contributed by atoms with van der Waals surface area (Å²) in [5, 5.41) is 2.88. The second-order valence-corrected chi connectivity index (χ2v) is 4.20. The Labute approximate surface area is 108 Å². The fourth-order valence-electron chi connectivity index (χ4n) is 2.05. The summed E-state index contributed by atoms with van der Waals surface area (Å²) in [6, 6.07) is 2.48. The molecule has 1 unspecified atom stereocenters. The zero-order chi connectivity index (χ0) is 14.0. The summed E-state index contributed by atoms with van der Waals surface area (Å²) in [4.78, 5) is 0. The van der Waals surface area contributed by atoms with Gasteiger partial charge >= 0.3 is 6.18 Å². The fourth-order valence-corrected chi connectivity index (χ4v) is 2.05. The van der Waals surface area contributed by atoms with Gasteiger partial charge < -0.3 is 10.1 Å². The van der Waals surface area contributed by atoms with Crippen LogP contribution in [0.3, 0.4) is 0 Å². The molecule has 0 amide bonds. The Morgan fingerprint density at radius 1 is 1.32 bits per heavy atom. The molecule has 0 aliphatic carbocycles. The molecule has 1 aromatic rings. The van der Waals surface area contributed by atoms with Crippen LogP contribution in [0.4, 0.5) is 17.6 Å². The predicted molar refractivity (Wildman–Crippen MR) is 61.9 cm³/mol. The van der Waals surface area contributed by atoms with Crippen molar-refractivity contribution in [1.29, 1.82) is 0 Å². The minimum atomic E-state index is -4.71. The average Bonchev–Trinajstić information content (AvgIpc) is 2.84. The molecule has 0 radical (unpaired) electrons. The van der Waals surface area contributed by atoms with E-state index in [2.05, 4.69) is 5.32 Å². The summed E-state index contributed by atoms with van der Waals surface area (Å²) in [5.41, 5.74) is -0.937. The number of halogens is 4. The van der Waals surface area contributed by atoms with Crippen molar-refractivity contribution in [1.82, 2.24) is 5.32 Å². The molecule has 6 heteroatoms. The topological polar surface area (TPSA) is 21.3 Å². The molecular formula is C13H13F4NO. The molecule has 1 aliphatic heterocycles. The Balaban J connectivity index is 2.39. The minimum Gasteiger partial charge on any atom is -0.496 e. The number of benzene rings is 1. The van der Waals surface area contributed by atoms with Gasteiger partial charge in [0, 0.05) is 6.42 Å². The monoisotopic (exact) mass is 275 g/mol. The van der Waals surface area contributed by atoms with E-state index in [0.717, 1.165) is 18.6 Å². The zero-order valence-corrected chi connectivity index (χ0v) is 10.2. The molecule has 1 atom stereocenters. The van der Waals surface area contributed by atoms with Crippen molar-refractivity contribution >= 4 is 0 Å². The normalized spacial score (nSPS) is 17.0. The van der Waals surface area contributed by atoms with Crippen molar-refractivity contribution < 1.29 is 22.3 Å². The number of rotatable bonds is 3. The van der Waals surface area contributed by atoms with Gasteiger partial charge in [-0.15, -0.1) is 0 Å². The second-order valence-electron chi connectivity index (χ2n) is 4.20. The van der Waals surface area contributed by atoms with Crippen LogP contribution in [0.15, 0.2) is 30.0 Å². The standard InChI is InChI=1S/C13H13F4NO/c1-18-12(11-3-2-6-19-11)8-4-5-10(14)9(7-8)13(15,16)17/h3-5,7,12,18H,2,6H2,1H3. The molecule has 0 saturated heterocycles. The molecule has 1 aromatic carbocycles. The van der Waals surface area contributed by atoms with E-state index in [1.807, 2.05) is 6.08 Å². The lowest BCUT2D eigenvalue weighted by atomic mass is 10.0. The lowest BCUT2D eigenvalue weighted by molar-refractivity contribution is -0.140. The molecule has 2 nitrogen and oxygen atoms in total. The summed E-state index contributed by atoms with van der Waals surface area (Å²) in [7, 11) is 1.61. The van der Waals surface area contributed by atoms with E-state index in [1.54, 1.807) is 7.05 Å². The number of alkyl halides is 3. The van der Waals surface area contributed by atoms with Crippen LogP contribution < -0.4 is 5.32 Å². The number of nitrogens with one attached hydrogen (secondary N) is 1. The van der Waals surface area contributed by atoms with Gasteiger partial charge in [0.05, 0.1) is 18.2 Å². The molecule has 0 saturated carbocycles. The second kappa shape index (κ2) is 5.21. The van der Waals surface area contributed by atoms with Crippen LogP contribution in [-0.2, 0) is 10.9 Å². The molecule has 0 spiro atoms. The minimum absolute atomic E-state index is 0.323. The number of hydrogen-bond donors (Lipinski definition) is 1. The highest BCUT2D eigenvalue weighted by Gasteiger charge is 2.35. The van der Waals surface area contributed by atoms with Crippen LogP contribution in [0.5, 0.6) is 0 Å². The Bertz CT molecular complexity index is 496. The molecule has 0 aromatic heterocycles. The van der Waals surface area contributed by atoms with Crippen molar-refractivity contribution in [3.8, 4) is 0 Å². The van der Waals surface area contributed by atoms with Crippen LogP contribution in [0.2, 0.25) is 0 Å². The van der Waals surface area contributed by atoms with Crippen molar-refractivity contribution in [2.24, 2.45) is 0 Å². The average molecular weight is 275 g/mol. The van der Waals surface area contributed by atoms with Crippen molar-refractivity contribution in [3.05, 3.63) is 47.0 Å². The zero-order valence-electron chi connectivity index (χ0n) is 10.2. The molecule has 2 rings (SSSR count). The Morgan fingerprint density at radius 2 is 2.05 bits per heavy atom. The van der Waals surface area contributed by atoms with Gasteiger partial charge in [-0.05, 0) is 30.8 Å². The quantitative estimate of drug-likeness (QED) is 0.854. The van der Waals surface area contributed by atoms with Gasteiger partial charge in [0.15, 0.2) is 0 Å². The smallest absolute Gasteiger partial charge is 0.419 e. The highest BCUT2D eigenvalue weighted by Crippen LogP contribution is 2.34. The maximum atomic E-state index is 13.2. The van der Waals surface area contributed by atoms with Gasteiger partial charge in [-0.3, -0.25) is 0 Å². The first-order valence-corrected chi connectivity index (χ1v) is 5.80. The summed E-state index contributed by atoms with van der Waals surface area (Å²) in [6.45, 7) is 0.515. The van der Waals surface area contributed by atoms with Crippen LogP contribution in [-0.4, -0.2) is 13.7 Å². The molecule has 19 heavy (non-hydrogen) atoms. The maximum absolute atomic E-state index is 13.2. The van der Waals surface area contributed by atoms with Crippen LogP contribution in [0, 0.1) is 5.82 Å². The lowest BCUT2D eigenvalue weighted by Gasteiger charge is -2.19. The Kier molecular flexibility index (Phi) is 3.80. The van der Waals surface area contributed by atoms with Gasteiger partial charge in [0.25, 0.3) is 0 Å². The van der Waals surface area contributed by atoms with Crippen LogP contribution in [0.25, 0.3) is 0 Å². The van der Waals surface area contributed by atoms with E-state index >= 15 is 0 Å². The van der Waals surface area contributed by atoms with Crippen molar-refractivity contribution in [2.75, 3.05) is 13.7 Å². The first-order chi connectivity index (χ1) is 8.93. The van der Waals surface area contributed by atoms with E-state index in [9.17, 15) is 17.6 Å². The van der Waals surface area contributed by atoms with Crippen molar-refractivity contribution in [2.45, 2.75) is 18.6 Å². The van der Waals surface area contributed by atoms with Gasteiger partial charge in [-0.1, -0.05) is 6.07 Å². The Morgan fingerprint density at radius 3 is 2.58 bits per heavy atom. The largest absolute Gasteiger partial charge is 0.496 e. The van der Waals surface area contributed by atoms with Crippen LogP contribution >= 0.6 is 0 Å². The third-order valence-corrected chi connectivity index (χ3v) is 2.93. The highest BCUT2D eigenvalue weighted by molar-refractivity contribution is 5.33. The number of hydrogen-bond acceptors (Lipinski definition) is 2. The number of ether oxygens (including phenoxy) is 1. The molecule has 1 heterocycles.